The van der Waals surface area contributed by atoms with E-state index in [1.54, 1.807) is 6.07 Å². The minimum atomic E-state index is -0.214. The van der Waals surface area contributed by atoms with Crippen molar-refractivity contribution >= 4 is 23.2 Å². The molecule has 1 N–H and O–H groups in total. The summed E-state index contributed by atoms with van der Waals surface area (Å²) in [5, 5.41) is 2.98. The van der Waals surface area contributed by atoms with Gasteiger partial charge in [-0.2, -0.15) is 0 Å². The number of hydrogen-bond acceptors (Lipinski definition) is 3. The lowest BCUT2D eigenvalue weighted by Gasteiger charge is -2.22. The Kier molecular flexibility index (Phi) is 5.03. The molecule has 2 aromatic rings. The fourth-order valence-electron chi connectivity index (χ4n) is 3.02. The third-order valence-electron chi connectivity index (χ3n) is 4.34. The molecule has 0 radical (unpaired) electrons. The Labute approximate surface area is 147 Å². The second-order valence-electron chi connectivity index (χ2n) is 6.06. The molecular formula is C20H22N2O3. The van der Waals surface area contributed by atoms with Crippen LogP contribution in [-0.4, -0.2) is 25.0 Å². The number of nitrogens with one attached hydrogen (secondary N) is 1. The second-order valence-corrected chi connectivity index (χ2v) is 6.06. The smallest absolute Gasteiger partial charge is 0.244 e. The Bertz CT molecular complexity index is 801. The third-order valence-corrected chi connectivity index (χ3v) is 4.34. The molecule has 0 aliphatic carbocycles. The van der Waals surface area contributed by atoms with E-state index < -0.39 is 0 Å². The molecule has 2 aromatic carbocycles. The summed E-state index contributed by atoms with van der Waals surface area (Å²) in [4.78, 5) is 26.5. The molecule has 1 aliphatic heterocycles. The number of ether oxygens (including phenoxy) is 1. The van der Waals surface area contributed by atoms with Gasteiger partial charge in [-0.3, -0.25) is 14.5 Å². The quantitative estimate of drug-likeness (QED) is 0.930. The van der Waals surface area contributed by atoms with Gasteiger partial charge in [0.2, 0.25) is 11.8 Å². The molecule has 0 atom stereocenters. The number of rotatable bonds is 4. The standard InChI is InChI=1S/C20H22N2O3/c1-3-15-8-6-7-14(2)20(15)21-18(23)13-22-16-9-4-5-10-17(16)25-12-11-19(22)24/h4-10H,3,11-13H2,1-2H3,(H,21,23). The van der Waals surface area contributed by atoms with Gasteiger partial charge in [0, 0.05) is 5.69 Å². The van der Waals surface area contributed by atoms with Crippen molar-refractivity contribution in [1.82, 2.24) is 0 Å². The summed E-state index contributed by atoms with van der Waals surface area (Å²) in [6.45, 7) is 4.31. The van der Waals surface area contributed by atoms with E-state index in [0.717, 1.165) is 23.2 Å². The number of aryl methyl sites for hydroxylation is 2. The molecule has 1 aliphatic rings. The van der Waals surface area contributed by atoms with E-state index in [4.69, 9.17) is 4.74 Å². The van der Waals surface area contributed by atoms with Crippen molar-refractivity contribution in [3.63, 3.8) is 0 Å². The molecule has 2 amide bonds. The minimum Gasteiger partial charge on any atom is -0.491 e. The molecule has 5 nitrogen and oxygen atoms in total. The van der Waals surface area contributed by atoms with E-state index >= 15 is 0 Å². The van der Waals surface area contributed by atoms with Crippen LogP contribution >= 0.6 is 0 Å². The highest BCUT2D eigenvalue weighted by atomic mass is 16.5. The molecule has 1 heterocycles. The normalized spacial score (nSPS) is 13.7. The van der Waals surface area contributed by atoms with Crippen LogP contribution in [0.15, 0.2) is 42.5 Å². The largest absolute Gasteiger partial charge is 0.491 e. The first-order valence-corrected chi connectivity index (χ1v) is 8.50. The molecule has 130 valence electrons. The lowest BCUT2D eigenvalue weighted by Crippen LogP contribution is -2.37. The summed E-state index contributed by atoms with van der Waals surface area (Å²) in [5.74, 6) is 0.306. The van der Waals surface area contributed by atoms with Crippen LogP contribution in [0, 0.1) is 6.92 Å². The molecule has 0 fully saturated rings. The molecule has 0 saturated carbocycles. The van der Waals surface area contributed by atoms with Crippen molar-refractivity contribution in [3.05, 3.63) is 53.6 Å². The highest BCUT2D eigenvalue weighted by molar-refractivity contribution is 6.04. The lowest BCUT2D eigenvalue weighted by atomic mass is 10.1. The fourth-order valence-corrected chi connectivity index (χ4v) is 3.02. The van der Waals surface area contributed by atoms with Crippen LogP contribution in [0.1, 0.15) is 24.5 Å². The van der Waals surface area contributed by atoms with Crippen molar-refractivity contribution in [2.75, 3.05) is 23.4 Å². The number of carbonyl (C=O) groups excluding carboxylic acids is 2. The average molecular weight is 338 g/mol. The van der Waals surface area contributed by atoms with Crippen LogP contribution in [-0.2, 0) is 16.0 Å². The van der Waals surface area contributed by atoms with E-state index in [2.05, 4.69) is 12.2 Å². The molecule has 3 rings (SSSR count). The van der Waals surface area contributed by atoms with Crippen molar-refractivity contribution in [2.24, 2.45) is 0 Å². The van der Waals surface area contributed by atoms with Gasteiger partial charge in [-0.15, -0.1) is 0 Å². The number of para-hydroxylation sites is 3. The van der Waals surface area contributed by atoms with Crippen LogP contribution in [0.5, 0.6) is 5.75 Å². The number of carbonyl (C=O) groups is 2. The SMILES string of the molecule is CCc1cccc(C)c1NC(=O)CN1C(=O)CCOc2ccccc21. The van der Waals surface area contributed by atoms with Gasteiger partial charge < -0.3 is 10.1 Å². The van der Waals surface area contributed by atoms with Crippen LogP contribution < -0.4 is 15.0 Å². The molecular weight excluding hydrogens is 316 g/mol. The maximum atomic E-state index is 12.6. The number of benzene rings is 2. The Morgan fingerprint density at radius 2 is 2.00 bits per heavy atom. The predicted octanol–water partition coefficient (Wildman–Crippen LogP) is 3.31. The fraction of sp³-hybridized carbons (Fsp3) is 0.300. The van der Waals surface area contributed by atoms with Gasteiger partial charge in [-0.25, -0.2) is 0 Å². The first-order valence-electron chi connectivity index (χ1n) is 8.50. The third kappa shape index (κ3) is 3.65. The lowest BCUT2D eigenvalue weighted by molar-refractivity contribution is -0.121. The van der Waals surface area contributed by atoms with E-state index in [1.165, 1.54) is 4.90 Å². The average Bonchev–Trinajstić information content (AvgIpc) is 2.76. The monoisotopic (exact) mass is 338 g/mol. The number of fused-ring (bicyclic) bond motifs is 1. The number of hydrogen-bond donors (Lipinski definition) is 1. The van der Waals surface area contributed by atoms with Gasteiger partial charge in [0.15, 0.2) is 0 Å². The maximum absolute atomic E-state index is 12.6. The Morgan fingerprint density at radius 1 is 1.20 bits per heavy atom. The zero-order valence-corrected chi connectivity index (χ0v) is 14.5. The van der Waals surface area contributed by atoms with E-state index in [1.807, 2.05) is 43.3 Å². The molecule has 0 bridgehead atoms. The van der Waals surface area contributed by atoms with Crippen molar-refractivity contribution in [1.29, 1.82) is 0 Å². The highest BCUT2D eigenvalue weighted by Crippen LogP contribution is 2.31. The second kappa shape index (κ2) is 7.38. The summed E-state index contributed by atoms with van der Waals surface area (Å²) in [5.41, 5.74) is 3.57. The van der Waals surface area contributed by atoms with Gasteiger partial charge >= 0.3 is 0 Å². The summed E-state index contributed by atoms with van der Waals surface area (Å²) in [7, 11) is 0. The summed E-state index contributed by atoms with van der Waals surface area (Å²) in [6.07, 6.45) is 1.09. The van der Waals surface area contributed by atoms with Crippen LogP contribution in [0.2, 0.25) is 0 Å². The Hall–Kier alpha value is -2.82. The van der Waals surface area contributed by atoms with Gasteiger partial charge in [0.05, 0.1) is 18.7 Å². The predicted molar refractivity (Wildman–Crippen MR) is 98.1 cm³/mol. The van der Waals surface area contributed by atoms with Crippen LogP contribution in [0.25, 0.3) is 0 Å². The molecule has 0 saturated heterocycles. The topological polar surface area (TPSA) is 58.6 Å². The molecule has 0 unspecified atom stereocenters. The first kappa shape index (κ1) is 17.0. The Balaban J connectivity index is 1.82. The van der Waals surface area contributed by atoms with E-state index in [9.17, 15) is 9.59 Å². The van der Waals surface area contributed by atoms with Gasteiger partial charge in [-0.1, -0.05) is 37.3 Å². The molecule has 0 aromatic heterocycles. The minimum absolute atomic E-state index is 0.0311. The van der Waals surface area contributed by atoms with Gasteiger partial charge in [0.1, 0.15) is 12.3 Å². The number of amides is 2. The number of nitrogens with zero attached hydrogens (tertiary/aromatic N) is 1. The van der Waals surface area contributed by atoms with E-state index in [-0.39, 0.29) is 24.8 Å². The summed E-state index contributed by atoms with van der Waals surface area (Å²) < 4.78 is 5.61. The highest BCUT2D eigenvalue weighted by Gasteiger charge is 2.25. The van der Waals surface area contributed by atoms with Crippen LogP contribution in [0.4, 0.5) is 11.4 Å². The van der Waals surface area contributed by atoms with Gasteiger partial charge in [0.25, 0.3) is 0 Å². The first-order chi connectivity index (χ1) is 12.1. The van der Waals surface area contributed by atoms with Gasteiger partial charge in [-0.05, 0) is 36.6 Å². The number of anilines is 2. The summed E-state index contributed by atoms with van der Waals surface area (Å²) >= 11 is 0. The van der Waals surface area contributed by atoms with Crippen molar-refractivity contribution < 1.29 is 14.3 Å². The zero-order valence-electron chi connectivity index (χ0n) is 14.5. The Morgan fingerprint density at radius 3 is 2.80 bits per heavy atom. The molecule has 25 heavy (non-hydrogen) atoms. The zero-order chi connectivity index (χ0) is 17.8. The maximum Gasteiger partial charge on any atom is 0.244 e. The van der Waals surface area contributed by atoms with Crippen molar-refractivity contribution in [3.8, 4) is 5.75 Å². The van der Waals surface area contributed by atoms with Crippen LogP contribution in [0.3, 0.4) is 0 Å². The molecule has 5 heteroatoms. The molecule has 0 spiro atoms. The van der Waals surface area contributed by atoms with E-state index in [0.29, 0.717) is 18.0 Å². The van der Waals surface area contributed by atoms with Crippen molar-refractivity contribution in [2.45, 2.75) is 26.7 Å². The summed E-state index contributed by atoms with van der Waals surface area (Å²) in [6, 6.07) is 13.3.